The highest BCUT2D eigenvalue weighted by Gasteiger charge is 2.05. The van der Waals surface area contributed by atoms with Gasteiger partial charge in [-0.3, -0.25) is 0 Å². The fourth-order valence-corrected chi connectivity index (χ4v) is 1.75. The van der Waals surface area contributed by atoms with Crippen molar-refractivity contribution in [3.05, 3.63) is 36.4 Å². The van der Waals surface area contributed by atoms with Gasteiger partial charge in [0.05, 0.1) is 4.90 Å². The summed E-state index contributed by atoms with van der Waals surface area (Å²) in [4.78, 5) is 7.37. The highest BCUT2D eigenvalue weighted by atomic mass is 32.2. The van der Waals surface area contributed by atoms with Crippen LogP contribution in [0.4, 0.5) is 10.1 Å². The number of nitrogens with zero attached hydrogens (tertiary/aromatic N) is 1. The molecule has 0 amide bonds. The number of nitrogens with two attached hydrogens (primary N) is 1. The summed E-state index contributed by atoms with van der Waals surface area (Å²) in [5.74, 6) is -0.327. The summed E-state index contributed by atoms with van der Waals surface area (Å²) in [6.45, 7) is 0. The van der Waals surface area contributed by atoms with E-state index < -0.39 is 0 Å². The second-order valence-electron chi connectivity index (χ2n) is 2.69. The summed E-state index contributed by atoms with van der Waals surface area (Å²) < 4.78 is 13.3. The molecule has 14 heavy (non-hydrogen) atoms. The van der Waals surface area contributed by atoms with Crippen molar-refractivity contribution in [3.8, 4) is 0 Å². The lowest BCUT2D eigenvalue weighted by atomic mass is 10.3. The molecule has 0 fully saturated rings. The quantitative estimate of drug-likeness (QED) is 0.746. The molecular weight excluding hydrogens is 201 g/mol. The molecule has 1 aromatic heterocycles. The molecule has 0 saturated carbocycles. The number of H-pyrrole nitrogens is 1. The molecule has 1 aromatic carbocycles. The molecule has 0 atom stereocenters. The van der Waals surface area contributed by atoms with E-state index in [-0.39, 0.29) is 5.82 Å². The average molecular weight is 209 g/mol. The minimum Gasteiger partial charge on any atom is -0.399 e. The molecule has 0 aliphatic rings. The van der Waals surface area contributed by atoms with Crippen LogP contribution in [-0.2, 0) is 0 Å². The molecule has 0 aliphatic heterocycles. The van der Waals surface area contributed by atoms with Gasteiger partial charge in [-0.1, -0.05) is 0 Å². The lowest BCUT2D eigenvalue weighted by Gasteiger charge is -2.00. The smallest absolute Gasteiger partial charge is 0.170 e. The molecule has 2 rings (SSSR count). The Labute approximate surface area is 84.5 Å². The van der Waals surface area contributed by atoms with Crippen LogP contribution in [0.1, 0.15) is 0 Å². The van der Waals surface area contributed by atoms with Gasteiger partial charge in [-0.25, -0.2) is 9.37 Å². The van der Waals surface area contributed by atoms with Gasteiger partial charge in [0.15, 0.2) is 5.16 Å². The van der Waals surface area contributed by atoms with Gasteiger partial charge in [0.25, 0.3) is 0 Å². The first-order valence-corrected chi connectivity index (χ1v) is 4.79. The van der Waals surface area contributed by atoms with Gasteiger partial charge in [-0.2, -0.15) is 0 Å². The van der Waals surface area contributed by atoms with Crippen molar-refractivity contribution in [3.63, 3.8) is 0 Å². The Bertz CT molecular complexity index is 428. The van der Waals surface area contributed by atoms with Crippen LogP contribution >= 0.6 is 11.8 Å². The zero-order valence-electron chi connectivity index (χ0n) is 7.20. The van der Waals surface area contributed by atoms with Crippen LogP contribution < -0.4 is 5.73 Å². The zero-order chi connectivity index (χ0) is 9.97. The highest BCUT2D eigenvalue weighted by molar-refractivity contribution is 7.99. The third-order valence-electron chi connectivity index (χ3n) is 1.64. The maximum atomic E-state index is 13.3. The van der Waals surface area contributed by atoms with E-state index >= 15 is 0 Å². The first-order valence-electron chi connectivity index (χ1n) is 3.98. The molecule has 0 unspecified atom stereocenters. The Morgan fingerprint density at radius 1 is 1.43 bits per heavy atom. The van der Waals surface area contributed by atoms with Gasteiger partial charge in [0.1, 0.15) is 5.82 Å². The first-order chi connectivity index (χ1) is 6.75. The normalized spacial score (nSPS) is 10.4. The Balaban J connectivity index is 2.25. The van der Waals surface area contributed by atoms with Crippen molar-refractivity contribution in [2.75, 3.05) is 5.73 Å². The van der Waals surface area contributed by atoms with Crippen molar-refractivity contribution in [2.24, 2.45) is 0 Å². The summed E-state index contributed by atoms with van der Waals surface area (Å²) in [6, 6.07) is 4.59. The number of benzene rings is 1. The van der Waals surface area contributed by atoms with Gasteiger partial charge < -0.3 is 10.7 Å². The predicted molar refractivity (Wildman–Crippen MR) is 53.5 cm³/mol. The van der Waals surface area contributed by atoms with E-state index in [0.717, 1.165) is 0 Å². The van der Waals surface area contributed by atoms with Crippen LogP contribution in [0.2, 0.25) is 0 Å². The number of rotatable bonds is 2. The van der Waals surface area contributed by atoms with Crippen LogP contribution in [0.3, 0.4) is 0 Å². The molecular formula is C9H8FN3S. The Morgan fingerprint density at radius 3 is 2.93 bits per heavy atom. The van der Waals surface area contributed by atoms with E-state index in [1.807, 2.05) is 0 Å². The fraction of sp³-hybridized carbons (Fsp3) is 0. The van der Waals surface area contributed by atoms with E-state index in [0.29, 0.717) is 15.7 Å². The number of hydrogen-bond donors (Lipinski definition) is 2. The number of nitrogens with one attached hydrogen (secondary N) is 1. The van der Waals surface area contributed by atoms with Gasteiger partial charge in [0, 0.05) is 18.1 Å². The van der Waals surface area contributed by atoms with Gasteiger partial charge in [-0.05, 0) is 30.0 Å². The number of nitrogen functional groups attached to an aromatic ring is 1. The summed E-state index contributed by atoms with van der Waals surface area (Å²) in [5, 5.41) is 0.661. The van der Waals surface area contributed by atoms with Gasteiger partial charge >= 0.3 is 0 Å². The van der Waals surface area contributed by atoms with Crippen LogP contribution in [0.25, 0.3) is 0 Å². The lowest BCUT2D eigenvalue weighted by molar-refractivity contribution is 0.602. The van der Waals surface area contributed by atoms with E-state index in [1.54, 1.807) is 24.5 Å². The molecule has 1 heterocycles. The third-order valence-corrected chi connectivity index (χ3v) is 2.60. The molecule has 3 nitrogen and oxygen atoms in total. The van der Waals surface area contributed by atoms with Crippen molar-refractivity contribution >= 4 is 17.4 Å². The summed E-state index contributed by atoms with van der Waals surface area (Å²) in [5.41, 5.74) is 5.85. The Morgan fingerprint density at radius 2 is 2.29 bits per heavy atom. The van der Waals surface area contributed by atoms with Crippen LogP contribution in [0.5, 0.6) is 0 Å². The highest BCUT2D eigenvalue weighted by Crippen LogP contribution is 2.27. The molecule has 0 bridgehead atoms. The molecule has 0 spiro atoms. The monoisotopic (exact) mass is 209 g/mol. The topological polar surface area (TPSA) is 54.7 Å². The third kappa shape index (κ3) is 1.88. The fourth-order valence-electron chi connectivity index (χ4n) is 1.01. The molecule has 0 aliphatic carbocycles. The number of aromatic amines is 1. The average Bonchev–Trinajstić information content (AvgIpc) is 2.62. The van der Waals surface area contributed by atoms with Crippen molar-refractivity contribution in [1.82, 2.24) is 9.97 Å². The second-order valence-corrected chi connectivity index (χ2v) is 3.72. The lowest BCUT2D eigenvalue weighted by Crippen LogP contribution is -1.88. The second kappa shape index (κ2) is 3.71. The van der Waals surface area contributed by atoms with Crippen molar-refractivity contribution < 1.29 is 4.39 Å². The molecule has 2 aromatic rings. The maximum Gasteiger partial charge on any atom is 0.170 e. The Hall–Kier alpha value is -1.49. The van der Waals surface area contributed by atoms with Crippen molar-refractivity contribution in [2.45, 2.75) is 10.1 Å². The molecule has 5 heteroatoms. The molecule has 3 N–H and O–H groups in total. The number of aromatic nitrogens is 2. The summed E-state index contributed by atoms with van der Waals surface area (Å²) in [7, 11) is 0. The maximum absolute atomic E-state index is 13.3. The van der Waals surface area contributed by atoms with E-state index in [4.69, 9.17) is 5.73 Å². The largest absolute Gasteiger partial charge is 0.399 e. The minimum atomic E-state index is -0.327. The van der Waals surface area contributed by atoms with E-state index in [9.17, 15) is 4.39 Å². The molecule has 72 valence electrons. The standard InChI is InChI=1S/C9H8FN3S/c10-7-5-6(11)1-2-8(7)14-9-12-3-4-13-9/h1-5H,11H2,(H,12,13). The summed E-state index contributed by atoms with van der Waals surface area (Å²) in [6.07, 6.45) is 3.31. The molecule has 0 saturated heterocycles. The van der Waals surface area contributed by atoms with Gasteiger partial charge in [0.2, 0.25) is 0 Å². The van der Waals surface area contributed by atoms with E-state index in [1.165, 1.54) is 17.8 Å². The van der Waals surface area contributed by atoms with Crippen LogP contribution in [0.15, 0.2) is 40.6 Å². The number of halogens is 1. The number of anilines is 1. The van der Waals surface area contributed by atoms with Gasteiger partial charge in [-0.15, -0.1) is 0 Å². The van der Waals surface area contributed by atoms with Crippen LogP contribution in [-0.4, -0.2) is 9.97 Å². The number of hydrogen-bond acceptors (Lipinski definition) is 3. The zero-order valence-corrected chi connectivity index (χ0v) is 8.01. The minimum absolute atomic E-state index is 0.327. The van der Waals surface area contributed by atoms with Crippen molar-refractivity contribution in [1.29, 1.82) is 0 Å². The Kier molecular flexibility index (Phi) is 2.41. The van der Waals surface area contributed by atoms with Crippen LogP contribution in [0, 0.1) is 5.82 Å². The predicted octanol–water partition coefficient (Wildman–Crippen LogP) is 2.28. The van der Waals surface area contributed by atoms with E-state index in [2.05, 4.69) is 9.97 Å². The molecule has 0 radical (unpaired) electrons. The number of imidazole rings is 1. The first kappa shape index (κ1) is 9.08. The SMILES string of the molecule is Nc1ccc(Sc2ncc[nH]2)c(F)c1. The summed E-state index contributed by atoms with van der Waals surface area (Å²) >= 11 is 1.23.